The number of halogens is 1. The molecular formula is C15H17BrO4. The van der Waals surface area contributed by atoms with E-state index in [-0.39, 0.29) is 0 Å². The molecule has 0 unspecified atom stereocenters. The summed E-state index contributed by atoms with van der Waals surface area (Å²) in [5, 5.41) is 9.70. The highest BCUT2D eigenvalue weighted by Crippen LogP contribution is 2.49. The summed E-state index contributed by atoms with van der Waals surface area (Å²) < 4.78 is 12.2. The van der Waals surface area contributed by atoms with Gasteiger partial charge < -0.3 is 14.6 Å². The summed E-state index contributed by atoms with van der Waals surface area (Å²) >= 11 is 3.50. The molecule has 4 nitrogen and oxygen atoms in total. The van der Waals surface area contributed by atoms with E-state index in [1.54, 1.807) is 0 Å². The van der Waals surface area contributed by atoms with Gasteiger partial charge in [-0.3, -0.25) is 4.79 Å². The number of carbonyl (C=O) groups is 1. The van der Waals surface area contributed by atoms with Gasteiger partial charge in [0.05, 0.1) is 5.41 Å². The van der Waals surface area contributed by atoms with E-state index in [0.29, 0.717) is 24.3 Å². The van der Waals surface area contributed by atoms with Crippen molar-refractivity contribution in [2.75, 3.05) is 0 Å². The van der Waals surface area contributed by atoms with E-state index in [0.717, 1.165) is 22.9 Å². The van der Waals surface area contributed by atoms with Crippen molar-refractivity contribution in [3.63, 3.8) is 0 Å². The van der Waals surface area contributed by atoms with Gasteiger partial charge >= 0.3 is 5.97 Å². The third-order valence-corrected chi connectivity index (χ3v) is 4.78. The lowest BCUT2D eigenvalue weighted by Crippen LogP contribution is -2.33. The maximum Gasteiger partial charge on any atom is 0.314 e. The molecule has 0 saturated heterocycles. The molecule has 1 fully saturated rings. The van der Waals surface area contributed by atoms with Gasteiger partial charge in [0.25, 0.3) is 0 Å². The molecule has 2 aliphatic rings. The van der Waals surface area contributed by atoms with Crippen molar-refractivity contribution < 1.29 is 19.4 Å². The summed E-state index contributed by atoms with van der Waals surface area (Å²) in [6.07, 6.45) is 3.23. The van der Waals surface area contributed by atoms with Gasteiger partial charge in [-0.05, 0) is 30.5 Å². The van der Waals surface area contributed by atoms with Crippen LogP contribution < -0.4 is 9.47 Å². The molecule has 0 bridgehead atoms. The average molecular weight is 341 g/mol. The monoisotopic (exact) mass is 340 g/mol. The van der Waals surface area contributed by atoms with Crippen LogP contribution >= 0.6 is 15.9 Å². The number of hydrogen-bond donors (Lipinski definition) is 1. The lowest BCUT2D eigenvalue weighted by atomic mass is 9.79. The van der Waals surface area contributed by atoms with Crippen LogP contribution in [0.15, 0.2) is 16.6 Å². The van der Waals surface area contributed by atoms with E-state index in [1.165, 1.54) is 0 Å². The third-order valence-electron chi connectivity index (χ3n) is 4.13. The molecule has 0 radical (unpaired) electrons. The Bertz CT molecular complexity index is 573. The number of aliphatic carboxylic acids is 1. The first-order valence-corrected chi connectivity index (χ1v) is 7.59. The number of rotatable bonds is 2. The fraction of sp³-hybridized carbons (Fsp3) is 0.533. The second-order valence-electron chi connectivity index (χ2n) is 5.98. The predicted octanol–water partition coefficient (Wildman–Crippen LogP) is 3.85. The van der Waals surface area contributed by atoms with E-state index in [2.05, 4.69) is 15.9 Å². The van der Waals surface area contributed by atoms with Gasteiger partial charge in [0.2, 0.25) is 5.79 Å². The first-order valence-electron chi connectivity index (χ1n) is 6.80. The van der Waals surface area contributed by atoms with Crippen molar-refractivity contribution in [1.82, 2.24) is 0 Å². The highest BCUT2D eigenvalue weighted by Gasteiger charge is 2.45. The smallest absolute Gasteiger partial charge is 0.314 e. The first-order chi connectivity index (χ1) is 9.34. The van der Waals surface area contributed by atoms with Crippen LogP contribution in [0.25, 0.3) is 0 Å². The van der Waals surface area contributed by atoms with Crippen LogP contribution in [0.4, 0.5) is 0 Å². The molecule has 108 valence electrons. The zero-order chi connectivity index (χ0) is 14.5. The van der Waals surface area contributed by atoms with E-state index in [9.17, 15) is 9.90 Å². The molecule has 1 heterocycles. The largest absolute Gasteiger partial charge is 0.481 e. The van der Waals surface area contributed by atoms with Crippen molar-refractivity contribution in [2.24, 2.45) is 0 Å². The Morgan fingerprint density at radius 1 is 1.20 bits per heavy atom. The maximum atomic E-state index is 11.8. The van der Waals surface area contributed by atoms with Crippen LogP contribution in [0.5, 0.6) is 11.5 Å². The summed E-state index contributed by atoms with van der Waals surface area (Å²) in [5.74, 6) is -0.175. The number of carboxylic acid groups (broad SMARTS) is 1. The second-order valence-corrected chi connectivity index (χ2v) is 6.83. The topological polar surface area (TPSA) is 55.8 Å². The lowest BCUT2D eigenvalue weighted by molar-refractivity contribution is -0.143. The average Bonchev–Trinajstić information content (AvgIpc) is 2.91. The molecule has 0 atom stereocenters. The molecule has 1 saturated carbocycles. The third kappa shape index (κ3) is 1.99. The molecule has 20 heavy (non-hydrogen) atoms. The predicted molar refractivity (Wildman–Crippen MR) is 77.3 cm³/mol. The highest BCUT2D eigenvalue weighted by molar-refractivity contribution is 9.10. The van der Waals surface area contributed by atoms with Gasteiger partial charge in [0, 0.05) is 18.3 Å². The quantitative estimate of drug-likeness (QED) is 0.888. The molecule has 5 heteroatoms. The molecule has 1 aliphatic heterocycles. The fourth-order valence-electron chi connectivity index (χ4n) is 3.19. The second kappa shape index (κ2) is 4.38. The van der Waals surface area contributed by atoms with Gasteiger partial charge in [0.1, 0.15) is 0 Å². The van der Waals surface area contributed by atoms with Crippen molar-refractivity contribution in [2.45, 2.75) is 50.7 Å². The number of carboxylic acids is 1. The number of fused-ring (bicyclic) bond motifs is 1. The molecule has 0 amide bonds. The van der Waals surface area contributed by atoms with Crippen LogP contribution in [0.2, 0.25) is 0 Å². The zero-order valence-corrected chi connectivity index (χ0v) is 13.1. The Morgan fingerprint density at radius 2 is 1.75 bits per heavy atom. The van der Waals surface area contributed by atoms with Gasteiger partial charge in [-0.1, -0.05) is 28.8 Å². The van der Waals surface area contributed by atoms with Crippen LogP contribution in [-0.4, -0.2) is 16.9 Å². The molecular weight excluding hydrogens is 324 g/mol. The van der Waals surface area contributed by atoms with Crippen LogP contribution in [0.1, 0.15) is 45.1 Å². The van der Waals surface area contributed by atoms with Crippen molar-refractivity contribution in [1.29, 1.82) is 0 Å². The van der Waals surface area contributed by atoms with Crippen LogP contribution in [0.3, 0.4) is 0 Å². The molecule has 3 rings (SSSR count). The van der Waals surface area contributed by atoms with Gasteiger partial charge in [-0.15, -0.1) is 0 Å². The molecule has 1 aromatic rings. The molecule has 1 N–H and O–H groups in total. The van der Waals surface area contributed by atoms with Gasteiger partial charge in [-0.2, -0.15) is 0 Å². The van der Waals surface area contributed by atoms with E-state index in [4.69, 9.17) is 9.47 Å². The SMILES string of the molecule is CC1(C)Oc2cc(Br)c(C3(C(=O)O)CCCC3)cc2O1. The number of ether oxygens (including phenoxy) is 2. The van der Waals surface area contributed by atoms with E-state index < -0.39 is 17.2 Å². The van der Waals surface area contributed by atoms with Gasteiger partial charge in [0.15, 0.2) is 11.5 Å². The minimum absolute atomic E-state index is 0.626. The van der Waals surface area contributed by atoms with E-state index >= 15 is 0 Å². The van der Waals surface area contributed by atoms with Crippen molar-refractivity contribution in [3.8, 4) is 11.5 Å². The number of benzene rings is 1. The standard InChI is InChI=1S/C15H17BrO4/c1-14(2)19-11-7-9(10(16)8-12(11)20-14)15(13(17)18)5-3-4-6-15/h7-8H,3-6H2,1-2H3,(H,17,18). The lowest BCUT2D eigenvalue weighted by Gasteiger charge is -2.25. The van der Waals surface area contributed by atoms with Crippen LogP contribution in [0, 0.1) is 0 Å². The number of hydrogen-bond acceptors (Lipinski definition) is 3. The summed E-state index contributed by atoms with van der Waals surface area (Å²) in [6.45, 7) is 3.67. The molecule has 1 aromatic carbocycles. The minimum atomic E-state index is -0.802. The Balaban J connectivity index is 2.10. The summed E-state index contributed by atoms with van der Waals surface area (Å²) in [6, 6.07) is 3.65. The minimum Gasteiger partial charge on any atom is -0.481 e. The summed E-state index contributed by atoms with van der Waals surface area (Å²) in [4.78, 5) is 11.8. The maximum absolute atomic E-state index is 11.8. The summed E-state index contributed by atoms with van der Waals surface area (Å²) in [5.41, 5.74) is -0.00760. The normalized spacial score (nSPS) is 21.9. The zero-order valence-electron chi connectivity index (χ0n) is 11.5. The molecule has 0 aromatic heterocycles. The van der Waals surface area contributed by atoms with Crippen molar-refractivity contribution >= 4 is 21.9 Å². The van der Waals surface area contributed by atoms with Crippen LogP contribution in [-0.2, 0) is 10.2 Å². The highest BCUT2D eigenvalue weighted by atomic mass is 79.9. The Morgan fingerprint density at radius 3 is 2.30 bits per heavy atom. The van der Waals surface area contributed by atoms with Gasteiger partial charge in [-0.25, -0.2) is 0 Å². The first kappa shape index (κ1) is 13.7. The fourth-order valence-corrected chi connectivity index (χ4v) is 3.89. The Hall–Kier alpha value is -1.23. The molecule has 0 spiro atoms. The molecule has 1 aliphatic carbocycles. The van der Waals surface area contributed by atoms with E-state index in [1.807, 2.05) is 26.0 Å². The Kier molecular flexibility index (Phi) is 3.01. The van der Waals surface area contributed by atoms with Crippen molar-refractivity contribution in [3.05, 3.63) is 22.2 Å². The summed E-state index contributed by atoms with van der Waals surface area (Å²) in [7, 11) is 0. The Labute approximate surface area is 126 Å².